The number of aromatic nitrogens is 1. The molecule has 1 spiro atoms. The summed E-state index contributed by atoms with van der Waals surface area (Å²) in [7, 11) is -3.55. The first-order valence-electron chi connectivity index (χ1n) is 15.5. The van der Waals surface area contributed by atoms with Crippen molar-refractivity contribution >= 4 is 32.7 Å². The van der Waals surface area contributed by atoms with E-state index in [1.54, 1.807) is 0 Å². The molecular weight excluding hydrogens is 581 g/mol. The van der Waals surface area contributed by atoms with Gasteiger partial charge >= 0.3 is 6.18 Å². The number of nitrogens with zero attached hydrogens (tertiary/aromatic N) is 3. The van der Waals surface area contributed by atoms with Crippen LogP contribution in [-0.2, 0) is 27.8 Å². The highest BCUT2D eigenvalue weighted by Crippen LogP contribution is 2.38. The maximum absolute atomic E-state index is 13.4. The fourth-order valence-electron chi connectivity index (χ4n) is 7.19. The number of aryl methyl sites for hydroxylation is 3. The highest BCUT2D eigenvalue weighted by Gasteiger charge is 2.48. The second kappa shape index (κ2) is 12.5. The van der Waals surface area contributed by atoms with Gasteiger partial charge in [-0.2, -0.15) is 13.2 Å². The van der Waals surface area contributed by atoms with Crippen LogP contribution >= 0.6 is 0 Å². The molecule has 1 amide bonds. The van der Waals surface area contributed by atoms with Crippen LogP contribution in [0.3, 0.4) is 0 Å². The van der Waals surface area contributed by atoms with Crippen LogP contribution in [-0.4, -0.2) is 71.3 Å². The van der Waals surface area contributed by atoms with Crippen molar-refractivity contribution in [2.24, 2.45) is 16.8 Å². The van der Waals surface area contributed by atoms with Gasteiger partial charge in [0.1, 0.15) is 11.4 Å². The Hall–Kier alpha value is -2.44. The van der Waals surface area contributed by atoms with Crippen molar-refractivity contribution in [3.8, 4) is 0 Å². The minimum atomic E-state index is -4.13. The van der Waals surface area contributed by atoms with E-state index in [0.717, 1.165) is 34.1 Å². The summed E-state index contributed by atoms with van der Waals surface area (Å²) in [4.78, 5) is 17.9. The molecule has 1 aromatic heterocycles. The number of aliphatic imine (C=N–C) groups is 1. The Morgan fingerprint density at radius 1 is 1.14 bits per heavy atom. The number of halogens is 3. The summed E-state index contributed by atoms with van der Waals surface area (Å²) < 4.78 is 68.2. The highest BCUT2D eigenvalue weighted by molar-refractivity contribution is 7.89. The van der Waals surface area contributed by atoms with E-state index in [-0.39, 0.29) is 49.6 Å². The Kier molecular flexibility index (Phi) is 9.30. The highest BCUT2D eigenvalue weighted by atomic mass is 32.2. The average Bonchev–Trinajstić information content (AvgIpc) is 3.51. The van der Waals surface area contributed by atoms with E-state index in [2.05, 4.69) is 16.0 Å². The Bertz CT molecular complexity index is 1470. The largest absolute Gasteiger partial charge is 0.396 e. The van der Waals surface area contributed by atoms with Crippen molar-refractivity contribution in [3.05, 3.63) is 35.0 Å². The molecule has 0 radical (unpaired) electrons. The van der Waals surface area contributed by atoms with Crippen molar-refractivity contribution in [3.63, 3.8) is 0 Å². The minimum Gasteiger partial charge on any atom is -0.396 e. The van der Waals surface area contributed by atoms with Crippen LogP contribution in [0.25, 0.3) is 10.9 Å². The molecule has 2 aromatic rings. The second-order valence-electron chi connectivity index (χ2n) is 12.6. The topological polar surface area (TPSA) is 104 Å². The number of carbonyl (C=O) groups is 1. The number of nitrogens with one attached hydrogen (secondary N) is 1. The van der Waals surface area contributed by atoms with Crippen LogP contribution in [0.4, 0.5) is 13.2 Å². The van der Waals surface area contributed by atoms with E-state index in [9.17, 15) is 31.5 Å². The number of aliphatic hydroxyl groups excluding tert-OH is 1. The SMILES string of the molecule is Cc1cc2c(ccn2CCCO)c(C)c1CCS(=O)(=O)N1CCC2(CC1)N=C(C1CCC(CCC(F)(F)F)CC1)NC2=O. The fraction of sp³-hybridized carbons (Fsp3) is 0.677. The smallest absolute Gasteiger partial charge is 0.389 e. The number of hydrogen-bond acceptors (Lipinski definition) is 5. The van der Waals surface area contributed by atoms with E-state index in [0.29, 0.717) is 57.2 Å². The van der Waals surface area contributed by atoms with Gasteiger partial charge in [0.15, 0.2) is 0 Å². The van der Waals surface area contributed by atoms with Crippen molar-refractivity contribution in [1.82, 2.24) is 14.2 Å². The molecule has 1 aromatic carbocycles. The first-order chi connectivity index (χ1) is 20.3. The third-order valence-electron chi connectivity index (χ3n) is 9.87. The monoisotopic (exact) mass is 624 g/mol. The predicted octanol–water partition coefficient (Wildman–Crippen LogP) is 5.02. The van der Waals surface area contributed by atoms with Crippen molar-refractivity contribution in [2.45, 2.75) is 96.3 Å². The standard InChI is InChI=1S/C31H43F3N4O4S/c1-21-20-27-26(9-15-37(27)14-3-18-39)22(2)25(21)10-19-43(41,42)38-16-12-30(13-17-38)29(40)35-28(36-30)24-6-4-23(5-7-24)8-11-31(32,33)34/h9,15,20,23-24,39H,3-8,10-14,16-19H2,1-2H3,(H,35,36,40). The number of amides is 1. The molecule has 12 heteroatoms. The number of piperidine rings is 1. The first-order valence-corrected chi connectivity index (χ1v) is 17.1. The molecule has 0 atom stereocenters. The summed E-state index contributed by atoms with van der Waals surface area (Å²) in [6, 6.07) is 4.14. The maximum atomic E-state index is 13.4. The van der Waals surface area contributed by atoms with Crippen LogP contribution in [0.1, 0.15) is 74.5 Å². The maximum Gasteiger partial charge on any atom is 0.389 e. The van der Waals surface area contributed by atoms with E-state index >= 15 is 0 Å². The van der Waals surface area contributed by atoms with Crippen LogP contribution in [0.15, 0.2) is 23.3 Å². The van der Waals surface area contributed by atoms with E-state index in [4.69, 9.17) is 4.99 Å². The second-order valence-corrected chi connectivity index (χ2v) is 14.7. The lowest BCUT2D eigenvalue weighted by atomic mass is 9.79. The van der Waals surface area contributed by atoms with Gasteiger partial charge < -0.3 is 15.0 Å². The molecule has 0 bridgehead atoms. The lowest BCUT2D eigenvalue weighted by Gasteiger charge is -2.34. The summed E-state index contributed by atoms with van der Waals surface area (Å²) in [5.41, 5.74) is 3.27. The molecule has 3 aliphatic rings. The number of rotatable bonds is 10. The zero-order chi connectivity index (χ0) is 31.0. The number of aliphatic hydroxyl groups is 1. The molecule has 2 N–H and O–H groups in total. The van der Waals surface area contributed by atoms with Gasteiger partial charge in [-0.3, -0.25) is 9.79 Å². The molecule has 1 saturated heterocycles. The first kappa shape index (κ1) is 32.0. The Balaban J connectivity index is 1.17. The quantitative estimate of drug-likeness (QED) is 0.387. The molecule has 5 rings (SSSR count). The minimum absolute atomic E-state index is 0.0172. The zero-order valence-electron chi connectivity index (χ0n) is 25.0. The lowest BCUT2D eigenvalue weighted by molar-refractivity contribution is -0.138. The predicted molar refractivity (Wildman–Crippen MR) is 160 cm³/mol. The molecule has 1 saturated carbocycles. The Morgan fingerprint density at radius 2 is 1.84 bits per heavy atom. The lowest BCUT2D eigenvalue weighted by Crippen LogP contribution is -2.51. The molecule has 3 heterocycles. The summed E-state index contributed by atoms with van der Waals surface area (Å²) >= 11 is 0. The van der Waals surface area contributed by atoms with E-state index in [1.807, 2.05) is 26.1 Å². The van der Waals surface area contributed by atoms with Crippen molar-refractivity contribution in [1.29, 1.82) is 0 Å². The number of benzene rings is 1. The van der Waals surface area contributed by atoms with Crippen molar-refractivity contribution < 1.29 is 31.5 Å². The molecule has 43 heavy (non-hydrogen) atoms. The molecule has 1 aliphatic carbocycles. The molecular formula is C31H43F3N4O4S. The normalized spacial score (nSPS) is 23.2. The molecule has 238 valence electrons. The fourth-order valence-corrected chi connectivity index (χ4v) is 8.65. The number of fused-ring (bicyclic) bond motifs is 1. The summed E-state index contributed by atoms with van der Waals surface area (Å²) in [5, 5.41) is 13.2. The average molecular weight is 625 g/mol. The zero-order valence-corrected chi connectivity index (χ0v) is 25.9. The van der Waals surface area contributed by atoms with Gasteiger partial charge in [0.25, 0.3) is 5.91 Å². The van der Waals surface area contributed by atoms with Gasteiger partial charge in [-0.15, -0.1) is 0 Å². The summed E-state index contributed by atoms with van der Waals surface area (Å²) in [6.45, 7) is 5.33. The molecule has 8 nitrogen and oxygen atoms in total. The number of carbonyl (C=O) groups excluding carboxylic acids is 1. The van der Waals surface area contributed by atoms with E-state index in [1.165, 1.54) is 4.31 Å². The number of alkyl halides is 3. The molecule has 0 unspecified atom stereocenters. The van der Waals surface area contributed by atoms with Gasteiger partial charge in [-0.25, -0.2) is 12.7 Å². The van der Waals surface area contributed by atoms with Crippen LogP contribution in [0, 0.1) is 25.7 Å². The number of sulfonamides is 1. The third kappa shape index (κ3) is 6.96. The van der Waals surface area contributed by atoms with Gasteiger partial charge in [-0.1, -0.05) is 0 Å². The van der Waals surface area contributed by atoms with Crippen LogP contribution in [0.5, 0.6) is 0 Å². The van der Waals surface area contributed by atoms with Crippen molar-refractivity contribution in [2.75, 3.05) is 25.4 Å². The van der Waals surface area contributed by atoms with Crippen LogP contribution < -0.4 is 5.32 Å². The summed E-state index contributed by atoms with van der Waals surface area (Å²) in [6.07, 6.45) is 1.76. The van der Waals surface area contributed by atoms with Gasteiger partial charge in [0.05, 0.1) is 5.75 Å². The Morgan fingerprint density at radius 3 is 2.49 bits per heavy atom. The van der Waals surface area contributed by atoms with Crippen LogP contribution in [0.2, 0.25) is 0 Å². The van der Waals surface area contributed by atoms with Gasteiger partial charge in [0.2, 0.25) is 10.0 Å². The summed E-state index contributed by atoms with van der Waals surface area (Å²) in [5.74, 6) is 0.496. The number of amidine groups is 1. The van der Waals surface area contributed by atoms with Gasteiger partial charge in [0, 0.05) is 55.7 Å². The Labute approximate surface area is 251 Å². The number of hydrogen-bond donors (Lipinski definition) is 2. The third-order valence-corrected chi connectivity index (χ3v) is 11.7. The molecule has 2 aliphatic heterocycles. The molecule has 2 fully saturated rings. The van der Waals surface area contributed by atoms with E-state index < -0.39 is 28.2 Å². The van der Waals surface area contributed by atoms with Gasteiger partial charge in [-0.05, 0) is 106 Å².